The minimum absolute atomic E-state index is 0. The van der Waals surface area contributed by atoms with Gasteiger partial charge in [-0.05, 0) is 0 Å². The molecular formula is C16H37NiO4P. The van der Waals surface area contributed by atoms with E-state index in [0.29, 0.717) is 5.92 Å². The first-order valence-electron chi connectivity index (χ1n) is 8.11. The second-order valence-corrected chi connectivity index (χ2v) is 6.21. The maximum Gasteiger partial charge on any atom is 2.00 e. The molecule has 3 N–H and O–H groups in total. The first-order chi connectivity index (χ1) is 9.72. The van der Waals surface area contributed by atoms with Crippen molar-refractivity contribution in [3.05, 3.63) is 13.3 Å². The van der Waals surface area contributed by atoms with E-state index in [1.54, 1.807) is 0 Å². The minimum atomic E-state index is -4.64. The van der Waals surface area contributed by atoms with Crippen LogP contribution in [0.15, 0.2) is 0 Å². The molecule has 0 aromatic heterocycles. The first-order valence-corrected chi connectivity index (χ1v) is 9.68. The number of hydrogen-bond acceptors (Lipinski definition) is 1. The monoisotopic (exact) mass is 382 g/mol. The molecule has 0 saturated carbocycles. The molecule has 0 fully saturated rings. The third kappa shape index (κ3) is 58.8. The van der Waals surface area contributed by atoms with Crippen LogP contribution in [-0.2, 0) is 21.1 Å². The van der Waals surface area contributed by atoms with Gasteiger partial charge in [0, 0.05) is 0 Å². The van der Waals surface area contributed by atoms with Gasteiger partial charge in [0.05, 0.1) is 0 Å². The van der Waals surface area contributed by atoms with E-state index in [2.05, 4.69) is 41.0 Å². The van der Waals surface area contributed by atoms with E-state index in [1.807, 2.05) is 0 Å². The van der Waals surface area contributed by atoms with Crippen LogP contribution < -0.4 is 0 Å². The van der Waals surface area contributed by atoms with Gasteiger partial charge in [-0.25, -0.2) is 4.57 Å². The third-order valence-electron chi connectivity index (χ3n) is 2.89. The summed E-state index contributed by atoms with van der Waals surface area (Å²) >= 11 is 0. The predicted octanol–water partition coefficient (Wildman–Crippen LogP) is 5.29. The van der Waals surface area contributed by atoms with Crippen LogP contribution in [0.25, 0.3) is 0 Å². The van der Waals surface area contributed by atoms with E-state index in [1.165, 1.54) is 57.8 Å². The normalized spacial score (nSPS) is 11.3. The van der Waals surface area contributed by atoms with Gasteiger partial charge in [0.15, 0.2) is 0 Å². The van der Waals surface area contributed by atoms with Crippen LogP contribution in [0.2, 0.25) is 0 Å². The van der Waals surface area contributed by atoms with Crippen molar-refractivity contribution in [2.45, 2.75) is 85.5 Å². The molecule has 0 aromatic rings. The third-order valence-corrected chi connectivity index (χ3v) is 2.89. The van der Waals surface area contributed by atoms with E-state index >= 15 is 0 Å². The van der Waals surface area contributed by atoms with Gasteiger partial charge in [-0.15, -0.1) is 0 Å². The summed E-state index contributed by atoms with van der Waals surface area (Å²) in [5.41, 5.74) is 0. The largest absolute Gasteiger partial charge is 2.00 e. The van der Waals surface area contributed by atoms with Gasteiger partial charge >= 0.3 is 24.3 Å². The fourth-order valence-electron chi connectivity index (χ4n) is 1.47. The molecule has 1 unspecified atom stereocenters. The molecule has 0 aliphatic heterocycles. The summed E-state index contributed by atoms with van der Waals surface area (Å²) in [6.45, 7) is 12.8. The van der Waals surface area contributed by atoms with Crippen LogP contribution in [0.1, 0.15) is 85.5 Å². The molecule has 140 valence electrons. The van der Waals surface area contributed by atoms with Crippen molar-refractivity contribution >= 4 is 7.82 Å². The van der Waals surface area contributed by atoms with Crippen LogP contribution in [-0.4, -0.2) is 14.7 Å². The maximum atomic E-state index is 8.88. The zero-order valence-corrected chi connectivity index (χ0v) is 16.6. The number of rotatable bonds is 9. The Balaban J connectivity index is -0.000000111. The van der Waals surface area contributed by atoms with Crippen molar-refractivity contribution in [1.82, 2.24) is 0 Å². The van der Waals surface area contributed by atoms with Gasteiger partial charge < -0.3 is 28.0 Å². The van der Waals surface area contributed by atoms with Crippen molar-refractivity contribution in [3.63, 3.8) is 0 Å². The van der Waals surface area contributed by atoms with Gasteiger partial charge in [0.2, 0.25) is 0 Å². The first kappa shape index (κ1) is 30.5. The summed E-state index contributed by atoms with van der Waals surface area (Å²) in [5, 5.41) is 0. The molecule has 1 atom stereocenters. The molecule has 0 aromatic carbocycles. The van der Waals surface area contributed by atoms with Crippen molar-refractivity contribution < 1.29 is 35.7 Å². The van der Waals surface area contributed by atoms with Gasteiger partial charge in [-0.3, -0.25) is 0 Å². The molecule has 4 nitrogen and oxygen atoms in total. The molecule has 0 amide bonds. The topological polar surface area (TPSA) is 77.8 Å². The van der Waals surface area contributed by atoms with E-state index in [4.69, 9.17) is 19.2 Å². The van der Waals surface area contributed by atoms with Crippen molar-refractivity contribution in [2.24, 2.45) is 5.92 Å². The Morgan fingerprint density at radius 1 is 1.00 bits per heavy atom. The fraction of sp³-hybridized carbons (Fsp3) is 0.875. The zero-order valence-electron chi connectivity index (χ0n) is 14.7. The van der Waals surface area contributed by atoms with Crippen molar-refractivity contribution in [3.8, 4) is 0 Å². The summed E-state index contributed by atoms with van der Waals surface area (Å²) in [4.78, 5) is 21.6. The van der Waals surface area contributed by atoms with Crippen LogP contribution in [0.3, 0.4) is 0 Å². The maximum absolute atomic E-state index is 8.88. The Kier molecular flexibility index (Phi) is 33.1. The van der Waals surface area contributed by atoms with E-state index in [9.17, 15) is 0 Å². The van der Waals surface area contributed by atoms with Crippen LogP contribution in [0, 0.1) is 19.3 Å². The molecule has 0 heterocycles. The molecule has 0 radical (unpaired) electrons. The van der Waals surface area contributed by atoms with E-state index in [-0.39, 0.29) is 16.5 Å². The van der Waals surface area contributed by atoms with Crippen molar-refractivity contribution in [2.75, 3.05) is 0 Å². The fourth-order valence-corrected chi connectivity index (χ4v) is 1.47. The Bertz CT molecular complexity index is 208. The predicted molar refractivity (Wildman–Crippen MR) is 91.7 cm³/mol. The smallest absolute Gasteiger partial charge is 0.340 e. The molecule has 22 heavy (non-hydrogen) atoms. The Hall–Kier alpha value is 0.604. The Morgan fingerprint density at radius 2 is 1.45 bits per heavy atom. The summed E-state index contributed by atoms with van der Waals surface area (Å²) in [7, 11) is -4.64. The molecule has 0 aliphatic carbocycles. The zero-order chi connectivity index (χ0) is 17.1. The quantitative estimate of drug-likeness (QED) is 0.219. The number of unbranched alkanes of at least 4 members (excludes halogenated alkanes) is 6. The molecule has 0 spiro atoms. The van der Waals surface area contributed by atoms with E-state index in [0.717, 1.165) is 0 Å². The molecule has 6 heteroatoms. The molecule has 0 rings (SSSR count). The van der Waals surface area contributed by atoms with Gasteiger partial charge in [0.25, 0.3) is 0 Å². The van der Waals surface area contributed by atoms with Crippen molar-refractivity contribution in [1.29, 1.82) is 0 Å². The summed E-state index contributed by atoms with van der Waals surface area (Å²) < 4.78 is 8.88. The Labute approximate surface area is 148 Å². The van der Waals surface area contributed by atoms with Crippen LogP contribution in [0.4, 0.5) is 0 Å². The summed E-state index contributed by atoms with van der Waals surface area (Å²) in [5.74, 6) is 0.704. The minimum Gasteiger partial charge on any atom is -0.340 e. The Morgan fingerprint density at radius 3 is 1.77 bits per heavy atom. The van der Waals surface area contributed by atoms with Crippen LogP contribution in [0.5, 0.6) is 0 Å². The van der Waals surface area contributed by atoms with Gasteiger partial charge in [-0.2, -0.15) is 19.3 Å². The van der Waals surface area contributed by atoms with Gasteiger partial charge in [0.1, 0.15) is 0 Å². The SMILES string of the molecule is C[CH-]CCCCCC.O=P(O)(O)O.[CH2-]C(CC)CCCC.[Ni+2]. The second-order valence-electron chi connectivity index (χ2n) is 5.19. The summed E-state index contributed by atoms with van der Waals surface area (Å²) in [6, 6.07) is 0. The average Bonchev–Trinajstić information content (AvgIpc) is 2.40. The van der Waals surface area contributed by atoms with Gasteiger partial charge in [-0.1, -0.05) is 72.1 Å². The van der Waals surface area contributed by atoms with Crippen LogP contribution >= 0.6 is 7.82 Å². The standard InChI is InChI=1S/2C8H17.Ni.H3O4P/c1-4-6-7-8(3)5-2;1-3-5-7-8-6-4-2;;1-5(2,3)4/h8H,3-7H2,1-2H3;3H,4-8H2,1-2H3;;(H3,1,2,3,4)/q2*-1;+2;. The summed E-state index contributed by atoms with van der Waals surface area (Å²) in [6.07, 6.45) is 14.3. The van der Waals surface area contributed by atoms with E-state index < -0.39 is 7.82 Å². The average molecular weight is 383 g/mol. The molecule has 0 bridgehead atoms. The second kappa shape index (κ2) is 23.9. The molecule has 0 saturated heterocycles. The molecule has 0 aliphatic rings. The number of hydrogen-bond donors (Lipinski definition) is 3. The number of phosphoric acid groups is 1. The molecular weight excluding hydrogens is 346 g/mol.